The minimum absolute atomic E-state index is 1.02. The van der Waals surface area contributed by atoms with Crippen molar-refractivity contribution in [1.29, 1.82) is 0 Å². The molecule has 108 valence electrons. The van der Waals surface area contributed by atoms with Gasteiger partial charge in [0.15, 0.2) is 5.71 Å². The normalized spacial score (nSPS) is 13.8. The average molecular weight is 286 g/mol. The summed E-state index contributed by atoms with van der Waals surface area (Å²) in [6.45, 7) is 4.42. The van der Waals surface area contributed by atoms with Crippen molar-refractivity contribution in [2.45, 2.75) is 20.3 Å². The number of benzene rings is 2. The summed E-state index contributed by atoms with van der Waals surface area (Å²) in [4.78, 5) is 0. The zero-order valence-electron chi connectivity index (χ0n) is 14.0. The minimum Gasteiger partial charge on any atom is -0.198 e. The number of fused-ring (bicyclic) bond motifs is 1. The third-order valence-corrected chi connectivity index (χ3v) is 4.87. The topological polar surface area (TPSA) is 3.01 Å². The van der Waals surface area contributed by atoms with Gasteiger partial charge in [0.05, 0.1) is 14.2 Å². The van der Waals surface area contributed by atoms with Crippen LogP contribution in [-0.4, -0.2) is 32.2 Å². The first-order valence-electron chi connectivity index (χ1n) is 8.06. The van der Waals surface area contributed by atoms with E-state index in [1.165, 1.54) is 39.1 Å². The van der Waals surface area contributed by atoms with Crippen LogP contribution in [0.4, 0.5) is 5.69 Å². The number of para-hydroxylation sites is 1. The van der Waals surface area contributed by atoms with E-state index in [2.05, 4.69) is 81.8 Å². The summed E-state index contributed by atoms with van der Waals surface area (Å²) in [6, 6.07) is 13.1. The molecule has 0 saturated carbocycles. The molecule has 3 rings (SSSR count). The molecule has 1 aliphatic rings. The van der Waals surface area contributed by atoms with Crippen LogP contribution in [0.3, 0.4) is 0 Å². The van der Waals surface area contributed by atoms with Crippen LogP contribution >= 0.6 is 0 Å². The fourth-order valence-electron chi connectivity index (χ4n) is 3.33. The number of nitrogens with zero attached hydrogens (tertiary/aromatic N) is 1. The van der Waals surface area contributed by atoms with Gasteiger partial charge in [0.1, 0.15) is 14.2 Å². The van der Waals surface area contributed by atoms with Crippen LogP contribution in [0.1, 0.15) is 22.3 Å². The van der Waals surface area contributed by atoms with E-state index in [4.69, 9.17) is 0 Å². The van der Waals surface area contributed by atoms with Crippen molar-refractivity contribution in [3.05, 3.63) is 64.7 Å². The molecular formula is C19H22B2N+. The smallest absolute Gasteiger partial charge is 0.198 e. The molecule has 0 amide bonds. The Labute approximate surface area is 135 Å². The highest BCUT2D eigenvalue weighted by Crippen LogP contribution is 2.25. The molecule has 0 bridgehead atoms. The van der Waals surface area contributed by atoms with Crippen LogP contribution in [0.5, 0.6) is 0 Å². The van der Waals surface area contributed by atoms with Gasteiger partial charge in [-0.3, -0.25) is 0 Å². The molecule has 2 aromatic rings. The van der Waals surface area contributed by atoms with Gasteiger partial charge in [0.2, 0.25) is 5.69 Å². The predicted molar refractivity (Wildman–Crippen MR) is 101 cm³/mol. The van der Waals surface area contributed by atoms with E-state index in [1.807, 2.05) is 0 Å². The number of hydrogen-bond donors (Lipinski definition) is 0. The third kappa shape index (κ3) is 2.56. The Bertz CT molecular complexity index is 788. The quantitative estimate of drug-likeness (QED) is 0.599. The van der Waals surface area contributed by atoms with Gasteiger partial charge in [0.25, 0.3) is 0 Å². The van der Waals surface area contributed by atoms with Crippen molar-refractivity contribution >= 4 is 37.8 Å². The molecule has 0 atom stereocenters. The van der Waals surface area contributed by atoms with E-state index in [-0.39, 0.29) is 0 Å². The predicted octanol–water partition coefficient (Wildman–Crippen LogP) is 1.90. The van der Waals surface area contributed by atoms with Crippen LogP contribution in [0, 0.1) is 13.8 Å². The van der Waals surface area contributed by atoms with Gasteiger partial charge in [-0.1, -0.05) is 41.4 Å². The first kappa shape index (κ1) is 14.9. The highest BCUT2D eigenvalue weighted by molar-refractivity contribution is 6.98. The lowest BCUT2D eigenvalue weighted by molar-refractivity contribution is -0.400. The maximum absolute atomic E-state index is 2.30. The number of rotatable bonds is 3. The third-order valence-electron chi connectivity index (χ3n) is 4.87. The van der Waals surface area contributed by atoms with Crippen molar-refractivity contribution in [3.63, 3.8) is 0 Å². The molecule has 0 fully saturated rings. The van der Waals surface area contributed by atoms with Crippen molar-refractivity contribution in [1.82, 2.24) is 0 Å². The summed E-state index contributed by atoms with van der Waals surface area (Å²) in [5.74, 6) is 0. The van der Waals surface area contributed by atoms with Crippen LogP contribution in [0.2, 0.25) is 0 Å². The molecule has 0 saturated heterocycles. The monoisotopic (exact) mass is 286 g/mol. The molecule has 0 spiro atoms. The van der Waals surface area contributed by atoms with Gasteiger partial charge in [-0.25, -0.2) is 0 Å². The molecule has 1 nitrogen and oxygen atoms in total. The van der Waals surface area contributed by atoms with Gasteiger partial charge in [0, 0.05) is 17.7 Å². The highest BCUT2D eigenvalue weighted by atomic mass is 15.0. The maximum Gasteiger partial charge on any atom is 0.208 e. The van der Waals surface area contributed by atoms with E-state index >= 15 is 0 Å². The Morgan fingerprint density at radius 2 is 1.86 bits per heavy atom. The van der Waals surface area contributed by atoms with Crippen LogP contribution < -0.4 is 5.46 Å². The summed E-state index contributed by atoms with van der Waals surface area (Å²) in [5, 5.41) is 0. The number of hydrogen-bond acceptors (Lipinski definition) is 0. The fraction of sp³-hybridized carbons (Fsp3) is 0.211. The Balaban J connectivity index is 1.94. The zero-order chi connectivity index (χ0) is 15.7. The van der Waals surface area contributed by atoms with Crippen molar-refractivity contribution < 1.29 is 4.58 Å². The Kier molecular flexibility index (Phi) is 4.06. The fourth-order valence-corrected chi connectivity index (χ4v) is 3.33. The van der Waals surface area contributed by atoms with Gasteiger partial charge in [-0.2, -0.15) is 4.58 Å². The lowest BCUT2D eigenvalue weighted by Crippen LogP contribution is -2.22. The van der Waals surface area contributed by atoms with Crippen LogP contribution in [0.25, 0.3) is 6.08 Å². The standard InChI is InChI=1S/C19H22B2N/c1-13-8-9-15(19(21-20)14(13)2)10-11-17-12-16-6-4-5-7-18(16)22(17)3/h4-11,21H,12,20H2,1-3H3/q+1/b11-10+. The van der Waals surface area contributed by atoms with Gasteiger partial charge < -0.3 is 0 Å². The molecule has 1 aliphatic heterocycles. The van der Waals surface area contributed by atoms with Crippen LogP contribution in [-0.2, 0) is 6.42 Å². The Morgan fingerprint density at radius 1 is 1.09 bits per heavy atom. The second-order valence-corrected chi connectivity index (χ2v) is 6.12. The molecule has 1 heterocycles. The average Bonchev–Trinajstić information content (AvgIpc) is 2.85. The summed E-state index contributed by atoms with van der Waals surface area (Å²) in [7, 11) is 5.48. The summed E-state index contributed by atoms with van der Waals surface area (Å²) >= 11 is 0. The second kappa shape index (κ2) is 6.00. The largest absolute Gasteiger partial charge is 0.208 e. The van der Waals surface area contributed by atoms with E-state index < -0.39 is 0 Å². The highest BCUT2D eigenvalue weighted by Gasteiger charge is 2.24. The molecule has 22 heavy (non-hydrogen) atoms. The molecular weight excluding hydrogens is 264 g/mol. The summed E-state index contributed by atoms with van der Waals surface area (Å²) in [5.41, 5.74) is 9.74. The second-order valence-electron chi connectivity index (χ2n) is 6.12. The number of allylic oxidation sites excluding steroid dienone is 1. The molecule has 0 aromatic heterocycles. The van der Waals surface area contributed by atoms with Gasteiger partial charge in [-0.15, -0.1) is 0 Å². The Morgan fingerprint density at radius 3 is 2.59 bits per heavy atom. The van der Waals surface area contributed by atoms with Crippen molar-refractivity contribution in [2.75, 3.05) is 7.05 Å². The minimum atomic E-state index is 1.02. The molecule has 0 radical (unpaired) electrons. The molecule has 0 aliphatic carbocycles. The zero-order valence-corrected chi connectivity index (χ0v) is 14.0. The Hall–Kier alpha value is -2.02. The maximum atomic E-state index is 2.30. The first-order chi connectivity index (χ1) is 10.6. The lowest BCUT2D eigenvalue weighted by atomic mass is 9.49. The van der Waals surface area contributed by atoms with Crippen molar-refractivity contribution in [3.8, 4) is 0 Å². The summed E-state index contributed by atoms with van der Waals surface area (Å²) < 4.78 is 2.30. The lowest BCUT2D eigenvalue weighted by Gasteiger charge is -2.10. The molecule has 3 heteroatoms. The molecule has 2 aromatic carbocycles. The summed E-state index contributed by atoms with van der Waals surface area (Å²) in [6.07, 6.45) is 5.59. The van der Waals surface area contributed by atoms with Gasteiger partial charge >= 0.3 is 0 Å². The molecule has 0 unspecified atom stereocenters. The van der Waals surface area contributed by atoms with E-state index in [1.54, 1.807) is 0 Å². The molecule has 0 N–H and O–H groups in total. The van der Waals surface area contributed by atoms with Crippen LogP contribution in [0.15, 0.2) is 42.5 Å². The first-order valence-corrected chi connectivity index (χ1v) is 8.06. The van der Waals surface area contributed by atoms with Crippen molar-refractivity contribution in [2.24, 2.45) is 0 Å². The van der Waals surface area contributed by atoms with E-state index in [9.17, 15) is 0 Å². The van der Waals surface area contributed by atoms with Gasteiger partial charge in [-0.05, 0) is 31.1 Å². The van der Waals surface area contributed by atoms with E-state index in [0.29, 0.717) is 0 Å². The van der Waals surface area contributed by atoms with E-state index in [0.717, 1.165) is 13.6 Å². The number of aryl methyl sites for hydroxylation is 1. The SMILES string of the molecule is BBc1c(/C=C/C2=[N+](C)c3ccccc3C2)ccc(C)c1C.